The van der Waals surface area contributed by atoms with Gasteiger partial charge in [-0.1, -0.05) is 30.3 Å². The quantitative estimate of drug-likeness (QED) is 0.822. The molecule has 1 amide bonds. The lowest BCUT2D eigenvalue weighted by Gasteiger charge is -2.42. The number of rotatable bonds is 4. The number of hydrogen-bond donors (Lipinski definition) is 0. The number of nitrogens with zero attached hydrogens (tertiary/aromatic N) is 3. The summed E-state index contributed by atoms with van der Waals surface area (Å²) >= 11 is 0. The maximum atomic E-state index is 12.5. The first-order chi connectivity index (χ1) is 12.9. The molecule has 2 aromatic rings. The fourth-order valence-corrected chi connectivity index (χ4v) is 3.40. The molecular weight excluding hydrogens is 338 g/mol. The molecule has 5 nitrogen and oxygen atoms in total. The van der Waals surface area contributed by atoms with Crippen molar-refractivity contribution in [2.45, 2.75) is 38.8 Å². The summed E-state index contributed by atoms with van der Waals surface area (Å²) in [6.45, 7) is 8.82. The van der Waals surface area contributed by atoms with Gasteiger partial charge in [0.2, 0.25) is 0 Å². The van der Waals surface area contributed by atoms with Crippen molar-refractivity contribution < 1.29 is 9.53 Å². The number of pyridine rings is 1. The molecule has 0 N–H and O–H groups in total. The molecule has 5 heteroatoms. The van der Waals surface area contributed by atoms with Gasteiger partial charge in [0.05, 0.1) is 6.04 Å². The van der Waals surface area contributed by atoms with Gasteiger partial charge in [-0.3, -0.25) is 9.88 Å². The molecule has 0 spiro atoms. The topological polar surface area (TPSA) is 45.7 Å². The van der Waals surface area contributed by atoms with E-state index in [-0.39, 0.29) is 12.1 Å². The summed E-state index contributed by atoms with van der Waals surface area (Å²) in [6, 6.07) is 14.8. The second-order valence-corrected chi connectivity index (χ2v) is 7.99. The van der Waals surface area contributed by atoms with Gasteiger partial charge in [0.1, 0.15) is 5.60 Å². The lowest BCUT2D eigenvalue weighted by atomic mass is 10.0. The first-order valence-electron chi connectivity index (χ1n) is 9.58. The van der Waals surface area contributed by atoms with Crippen molar-refractivity contribution in [1.29, 1.82) is 0 Å². The Bertz CT molecular complexity index is 728. The largest absolute Gasteiger partial charge is 0.444 e. The molecule has 0 saturated carbocycles. The molecule has 27 heavy (non-hydrogen) atoms. The third kappa shape index (κ3) is 5.54. The van der Waals surface area contributed by atoms with Crippen LogP contribution >= 0.6 is 0 Å². The number of ether oxygens (including phenoxy) is 1. The van der Waals surface area contributed by atoms with Crippen LogP contribution in [0.25, 0.3) is 0 Å². The van der Waals surface area contributed by atoms with Gasteiger partial charge in [0.15, 0.2) is 0 Å². The average molecular weight is 367 g/mol. The number of piperazine rings is 1. The normalized spacial score (nSPS) is 18.3. The Balaban J connectivity index is 1.71. The predicted octanol–water partition coefficient (Wildman–Crippen LogP) is 3.92. The molecular formula is C22H29N3O2. The molecule has 0 unspecified atom stereocenters. The summed E-state index contributed by atoms with van der Waals surface area (Å²) < 4.78 is 5.58. The molecule has 1 aliphatic heterocycles. The molecule has 3 rings (SSSR count). The van der Waals surface area contributed by atoms with Gasteiger partial charge in [0, 0.05) is 38.6 Å². The van der Waals surface area contributed by atoms with E-state index in [4.69, 9.17) is 4.74 Å². The molecule has 1 aliphatic rings. The van der Waals surface area contributed by atoms with Crippen LogP contribution in [0.5, 0.6) is 0 Å². The fraction of sp³-hybridized carbons (Fsp3) is 0.455. The van der Waals surface area contributed by atoms with Gasteiger partial charge in [-0.25, -0.2) is 4.79 Å². The third-order valence-electron chi connectivity index (χ3n) is 4.76. The lowest BCUT2D eigenvalue weighted by molar-refractivity contribution is 0.00360. The maximum Gasteiger partial charge on any atom is 0.410 e. The number of aromatic nitrogens is 1. The van der Waals surface area contributed by atoms with E-state index >= 15 is 0 Å². The fourth-order valence-electron chi connectivity index (χ4n) is 3.40. The van der Waals surface area contributed by atoms with Crippen LogP contribution in [-0.4, -0.2) is 52.7 Å². The summed E-state index contributed by atoms with van der Waals surface area (Å²) in [5.74, 6) is 0. The monoisotopic (exact) mass is 367 g/mol. The zero-order chi connectivity index (χ0) is 19.3. The van der Waals surface area contributed by atoms with Crippen molar-refractivity contribution in [2.24, 2.45) is 0 Å². The Morgan fingerprint density at radius 3 is 2.48 bits per heavy atom. The molecule has 0 radical (unpaired) electrons. The lowest BCUT2D eigenvalue weighted by Crippen LogP contribution is -2.51. The third-order valence-corrected chi connectivity index (χ3v) is 4.76. The van der Waals surface area contributed by atoms with Crippen LogP contribution in [0.4, 0.5) is 4.79 Å². The van der Waals surface area contributed by atoms with Gasteiger partial charge in [-0.15, -0.1) is 0 Å². The Morgan fingerprint density at radius 1 is 1.11 bits per heavy atom. The van der Waals surface area contributed by atoms with E-state index in [1.54, 1.807) is 0 Å². The van der Waals surface area contributed by atoms with Crippen LogP contribution in [0.1, 0.15) is 37.9 Å². The van der Waals surface area contributed by atoms with E-state index in [9.17, 15) is 4.79 Å². The summed E-state index contributed by atoms with van der Waals surface area (Å²) in [4.78, 5) is 21.0. The van der Waals surface area contributed by atoms with Gasteiger partial charge in [-0.05, 0) is 50.5 Å². The maximum absolute atomic E-state index is 12.5. The van der Waals surface area contributed by atoms with Crippen LogP contribution in [0.3, 0.4) is 0 Å². The van der Waals surface area contributed by atoms with E-state index in [1.165, 1.54) is 11.1 Å². The highest BCUT2D eigenvalue weighted by Gasteiger charge is 2.32. The molecule has 1 atom stereocenters. The number of benzene rings is 1. The minimum atomic E-state index is -0.478. The zero-order valence-electron chi connectivity index (χ0n) is 16.5. The van der Waals surface area contributed by atoms with E-state index in [1.807, 2.05) is 56.3 Å². The Labute approximate surface area is 162 Å². The van der Waals surface area contributed by atoms with Crippen LogP contribution in [0, 0.1) is 0 Å². The minimum Gasteiger partial charge on any atom is -0.444 e. The Morgan fingerprint density at radius 2 is 1.81 bits per heavy atom. The molecule has 144 valence electrons. The number of hydrogen-bond acceptors (Lipinski definition) is 4. The number of carbonyl (C=O) groups is 1. The van der Waals surface area contributed by atoms with E-state index in [2.05, 4.69) is 34.1 Å². The second kappa shape index (κ2) is 8.53. The SMILES string of the molecule is CC(C)(C)OC(=O)N1CCN(CCc2ccccc2)[C@@H](c2ccncc2)C1. The zero-order valence-corrected chi connectivity index (χ0v) is 16.5. The van der Waals surface area contributed by atoms with Crippen LogP contribution in [-0.2, 0) is 11.2 Å². The highest BCUT2D eigenvalue weighted by atomic mass is 16.6. The highest BCUT2D eigenvalue weighted by molar-refractivity contribution is 5.68. The van der Waals surface area contributed by atoms with Crippen LogP contribution in [0.2, 0.25) is 0 Å². The molecule has 2 heterocycles. The van der Waals surface area contributed by atoms with Crippen LogP contribution < -0.4 is 0 Å². The second-order valence-electron chi connectivity index (χ2n) is 7.99. The van der Waals surface area contributed by atoms with E-state index < -0.39 is 5.60 Å². The Kier molecular flexibility index (Phi) is 6.11. The van der Waals surface area contributed by atoms with E-state index in [0.29, 0.717) is 13.1 Å². The van der Waals surface area contributed by atoms with Crippen molar-refractivity contribution >= 4 is 6.09 Å². The molecule has 1 fully saturated rings. The van der Waals surface area contributed by atoms with Gasteiger partial charge >= 0.3 is 6.09 Å². The van der Waals surface area contributed by atoms with Crippen molar-refractivity contribution in [1.82, 2.24) is 14.8 Å². The summed E-state index contributed by atoms with van der Waals surface area (Å²) in [7, 11) is 0. The van der Waals surface area contributed by atoms with Gasteiger partial charge in [-0.2, -0.15) is 0 Å². The summed E-state index contributed by atoms with van der Waals surface area (Å²) in [5, 5.41) is 0. The molecule has 0 bridgehead atoms. The standard InChI is InChI=1S/C22H29N3O2/c1-22(2,3)27-21(26)25-16-15-24(14-11-18-7-5-4-6-8-18)20(17-25)19-9-12-23-13-10-19/h4-10,12-13,20H,11,14-17H2,1-3H3/t20-/m1/s1. The average Bonchev–Trinajstić information content (AvgIpc) is 2.66. The van der Waals surface area contributed by atoms with Gasteiger partial charge in [0.25, 0.3) is 0 Å². The van der Waals surface area contributed by atoms with Crippen LogP contribution in [0.15, 0.2) is 54.9 Å². The Hall–Kier alpha value is -2.40. The first kappa shape index (κ1) is 19.4. The molecule has 1 aromatic heterocycles. The highest BCUT2D eigenvalue weighted by Crippen LogP contribution is 2.26. The first-order valence-corrected chi connectivity index (χ1v) is 9.58. The predicted molar refractivity (Wildman–Crippen MR) is 107 cm³/mol. The van der Waals surface area contributed by atoms with Crippen molar-refractivity contribution in [3.63, 3.8) is 0 Å². The number of carbonyl (C=O) groups excluding carboxylic acids is 1. The van der Waals surface area contributed by atoms with Crippen molar-refractivity contribution in [2.75, 3.05) is 26.2 Å². The molecule has 0 aliphatic carbocycles. The number of amides is 1. The molecule has 1 aromatic carbocycles. The van der Waals surface area contributed by atoms with Gasteiger partial charge < -0.3 is 9.64 Å². The molecule has 1 saturated heterocycles. The minimum absolute atomic E-state index is 0.151. The smallest absolute Gasteiger partial charge is 0.410 e. The summed E-state index contributed by atoms with van der Waals surface area (Å²) in [6.07, 6.45) is 4.40. The summed E-state index contributed by atoms with van der Waals surface area (Å²) in [5.41, 5.74) is 2.04. The van der Waals surface area contributed by atoms with E-state index in [0.717, 1.165) is 19.5 Å². The van der Waals surface area contributed by atoms with Crippen molar-refractivity contribution in [3.05, 3.63) is 66.0 Å². The van der Waals surface area contributed by atoms with Crippen molar-refractivity contribution in [3.8, 4) is 0 Å².